The van der Waals surface area contributed by atoms with Gasteiger partial charge in [-0.15, -0.1) is 21.9 Å². The van der Waals surface area contributed by atoms with Crippen LogP contribution in [0.15, 0.2) is 24.3 Å². The molecule has 1 nitrogen and oxygen atoms in total. The van der Waals surface area contributed by atoms with Crippen molar-refractivity contribution in [3.05, 3.63) is 117 Å². The zero-order valence-corrected chi connectivity index (χ0v) is 34.5. The Kier molecular flexibility index (Phi) is 20.2. The van der Waals surface area contributed by atoms with Gasteiger partial charge in [0, 0.05) is 24.3 Å². The summed E-state index contributed by atoms with van der Waals surface area (Å²) in [5, 5.41) is 0. The molecule has 62 heavy (non-hydrogen) atoms. The molecule has 4 aromatic carbocycles. The Morgan fingerprint density at radius 2 is 0.516 bits per heavy atom. The lowest BCUT2D eigenvalue weighted by atomic mass is 9.12. The van der Waals surface area contributed by atoms with Gasteiger partial charge in [0.2, 0.25) is 0 Å². The van der Waals surface area contributed by atoms with Crippen LogP contribution in [0.3, 0.4) is 0 Å². The average molecular weight is 906 g/mol. The highest BCUT2D eigenvalue weighted by Gasteiger charge is 2.49. The standard InChI is InChI=1S/C24H4BF16.C20H43N/c26-5-1-9(30)17(34)21(38)13(5)25(14-6(27)2-10(31)18(35)22(14)39,15-7(28)3-11(32)19(36)23(15)40)16-8(29)4-12(33)20(37)24(16)41;1-4-5-6-7-8-9-10-11-12-13-14-15-16-17-18-19-20-21(2)3/h1-4H;4-20H2,1-3H3/q-1;/p+1. The maximum atomic E-state index is 15.3. The first kappa shape index (κ1) is 52.1. The van der Waals surface area contributed by atoms with Crippen molar-refractivity contribution in [3.8, 4) is 0 Å². The summed E-state index contributed by atoms with van der Waals surface area (Å²) in [6, 6.07) is -2.92. The molecule has 344 valence electrons. The molecule has 4 rings (SSSR count). The van der Waals surface area contributed by atoms with E-state index in [0.29, 0.717) is 0 Å². The third-order valence-corrected chi connectivity index (χ3v) is 10.9. The van der Waals surface area contributed by atoms with E-state index in [0.717, 1.165) is 0 Å². The molecule has 0 aliphatic carbocycles. The fourth-order valence-corrected chi connectivity index (χ4v) is 7.80. The number of halogens is 16. The Morgan fingerprint density at radius 1 is 0.306 bits per heavy atom. The molecule has 0 aliphatic rings. The first-order valence-electron chi connectivity index (χ1n) is 20.5. The fraction of sp³-hybridized carbons (Fsp3) is 0.455. The van der Waals surface area contributed by atoms with Crippen molar-refractivity contribution >= 4 is 28.0 Å². The second kappa shape index (κ2) is 24.0. The highest BCUT2D eigenvalue weighted by atomic mass is 19.2. The van der Waals surface area contributed by atoms with Crippen LogP contribution in [0.1, 0.15) is 110 Å². The van der Waals surface area contributed by atoms with Gasteiger partial charge in [0.1, 0.15) is 29.4 Å². The predicted molar refractivity (Wildman–Crippen MR) is 207 cm³/mol. The molecule has 18 heteroatoms. The molecule has 0 atom stereocenters. The van der Waals surface area contributed by atoms with Gasteiger partial charge in [0.05, 0.1) is 43.9 Å². The van der Waals surface area contributed by atoms with Crippen molar-refractivity contribution in [2.24, 2.45) is 0 Å². The third kappa shape index (κ3) is 12.1. The van der Waals surface area contributed by atoms with Crippen molar-refractivity contribution in [2.45, 2.75) is 110 Å². The van der Waals surface area contributed by atoms with Crippen LogP contribution >= 0.6 is 0 Å². The number of rotatable bonds is 21. The Morgan fingerprint density at radius 3 is 0.726 bits per heavy atom. The molecule has 0 aromatic heterocycles. The number of benzene rings is 4. The minimum atomic E-state index is -6.18. The quantitative estimate of drug-likeness (QED) is 0.0279. The van der Waals surface area contributed by atoms with E-state index in [1.165, 1.54) is 109 Å². The van der Waals surface area contributed by atoms with E-state index in [2.05, 4.69) is 21.0 Å². The molecule has 0 spiro atoms. The van der Waals surface area contributed by atoms with Gasteiger partial charge >= 0.3 is 0 Å². The monoisotopic (exact) mass is 905 g/mol. The van der Waals surface area contributed by atoms with Gasteiger partial charge in [-0.05, 0) is 12.8 Å². The number of quaternary nitrogens is 1. The lowest BCUT2D eigenvalue weighted by Crippen LogP contribution is -3.05. The van der Waals surface area contributed by atoms with Crippen molar-refractivity contribution in [1.29, 1.82) is 0 Å². The van der Waals surface area contributed by atoms with E-state index in [1.807, 2.05) is 0 Å². The molecule has 0 fully saturated rings. The second-order valence-corrected chi connectivity index (χ2v) is 15.7. The minimum Gasteiger partial charge on any atom is -0.340 e. The zero-order chi connectivity index (χ0) is 46.5. The summed E-state index contributed by atoms with van der Waals surface area (Å²) in [6.45, 7) is 3.64. The Bertz CT molecular complexity index is 1870. The number of unbranched alkanes of at least 4 members (excludes halogenated alkanes) is 15. The molecule has 0 aliphatic heterocycles. The number of nitrogens with one attached hydrogen (secondary N) is 1. The summed E-state index contributed by atoms with van der Waals surface area (Å²) in [6.07, 6.45) is 17.2. The molecule has 0 heterocycles. The van der Waals surface area contributed by atoms with Gasteiger partial charge < -0.3 is 4.90 Å². The van der Waals surface area contributed by atoms with Crippen LogP contribution in [0.5, 0.6) is 0 Å². The van der Waals surface area contributed by atoms with Gasteiger partial charge in [-0.1, -0.05) is 96.8 Å². The second-order valence-electron chi connectivity index (χ2n) is 15.7. The van der Waals surface area contributed by atoms with Crippen LogP contribution in [-0.4, -0.2) is 26.8 Å². The molecule has 0 bridgehead atoms. The molecular weight excluding hydrogens is 857 g/mol. The van der Waals surface area contributed by atoms with Crippen LogP contribution in [0.4, 0.5) is 70.2 Å². The van der Waals surface area contributed by atoms with E-state index in [1.54, 1.807) is 4.90 Å². The van der Waals surface area contributed by atoms with E-state index in [-0.39, 0.29) is 0 Å². The summed E-state index contributed by atoms with van der Waals surface area (Å²) < 4.78 is 235. The Hall–Kier alpha value is -4.22. The topological polar surface area (TPSA) is 4.44 Å². The summed E-state index contributed by atoms with van der Waals surface area (Å²) in [7, 11) is 4.51. The van der Waals surface area contributed by atoms with E-state index in [9.17, 15) is 35.1 Å². The van der Waals surface area contributed by atoms with E-state index >= 15 is 35.1 Å². The largest absolute Gasteiger partial charge is 0.340 e. The van der Waals surface area contributed by atoms with Gasteiger partial charge in [-0.2, -0.15) is 0 Å². The normalized spacial score (nSPS) is 11.7. The Labute approximate surface area is 350 Å². The van der Waals surface area contributed by atoms with E-state index in [4.69, 9.17) is 0 Å². The van der Waals surface area contributed by atoms with Gasteiger partial charge in [0.25, 0.3) is 0 Å². The van der Waals surface area contributed by atoms with Gasteiger partial charge in [-0.3, -0.25) is 0 Å². The molecule has 4 aromatic rings. The van der Waals surface area contributed by atoms with Gasteiger partial charge in [-0.25, -0.2) is 70.2 Å². The zero-order valence-electron chi connectivity index (χ0n) is 34.5. The van der Waals surface area contributed by atoms with Crippen LogP contribution < -0.4 is 26.8 Å². The molecule has 1 N–H and O–H groups in total. The summed E-state index contributed by atoms with van der Waals surface area (Å²) in [5.74, 6) is -45.1. The molecular formula is C44H48BF16N. The molecule has 0 saturated carbocycles. The van der Waals surface area contributed by atoms with E-state index < -0.39 is 145 Å². The number of hydrogen-bond acceptors (Lipinski definition) is 0. The van der Waals surface area contributed by atoms with Crippen LogP contribution in [0.2, 0.25) is 0 Å². The number of hydrogen-bond donors (Lipinski definition) is 1. The first-order valence-corrected chi connectivity index (χ1v) is 20.5. The SMILES string of the molecule is CCCCCCCCCCCCCCCCCC[NH+](C)C.Fc1cc(F)c([B-](c2c(F)cc(F)c(F)c2F)(c2c(F)cc(F)c(F)c2F)c2c(F)cc(F)c(F)c2F)c(F)c1F. The van der Waals surface area contributed by atoms with Crippen molar-refractivity contribution in [3.63, 3.8) is 0 Å². The maximum Gasteiger partial charge on any atom is 0.191 e. The summed E-state index contributed by atoms with van der Waals surface area (Å²) in [4.78, 5) is 1.60. The van der Waals surface area contributed by atoms with Crippen molar-refractivity contribution < 1.29 is 75.1 Å². The van der Waals surface area contributed by atoms with Crippen LogP contribution in [0.25, 0.3) is 0 Å². The maximum absolute atomic E-state index is 15.3. The summed E-state index contributed by atoms with van der Waals surface area (Å²) in [5.41, 5.74) is -10.9. The molecule has 0 amide bonds. The lowest BCUT2D eigenvalue weighted by Gasteiger charge is -2.44. The highest BCUT2D eigenvalue weighted by Crippen LogP contribution is 2.27. The first-order chi connectivity index (χ1) is 29.3. The van der Waals surface area contributed by atoms with Crippen molar-refractivity contribution in [2.75, 3.05) is 20.6 Å². The molecule has 0 saturated heterocycles. The smallest absolute Gasteiger partial charge is 0.191 e. The third-order valence-electron chi connectivity index (χ3n) is 10.9. The Balaban J connectivity index is 0.000000413. The predicted octanol–water partition coefficient (Wildman–Crippen LogP) is 10.7. The molecule has 0 unspecified atom stereocenters. The van der Waals surface area contributed by atoms with Crippen LogP contribution in [-0.2, 0) is 0 Å². The lowest BCUT2D eigenvalue weighted by molar-refractivity contribution is -0.858. The van der Waals surface area contributed by atoms with Crippen LogP contribution in [0, 0.1) is 93.1 Å². The molecule has 0 radical (unpaired) electrons. The average Bonchev–Trinajstić information content (AvgIpc) is 3.20. The van der Waals surface area contributed by atoms with Gasteiger partial charge in [0.15, 0.2) is 46.5 Å². The minimum absolute atomic E-state index is 0.731. The fourth-order valence-electron chi connectivity index (χ4n) is 7.80. The summed E-state index contributed by atoms with van der Waals surface area (Å²) >= 11 is 0. The van der Waals surface area contributed by atoms with Crippen molar-refractivity contribution in [1.82, 2.24) is 0 Å². The highest BCUT2D eigenvalue weighted by molar-refractivity contribution is 7.20.